The highest BCUT2D eigenvalue weighted by Gasteiger charge is 2.30. The smallest absolute Gasteiger partial charge is 0.307 e. The number of carbonyl (C=O) groups is 2. The number of rotatable bonds is 5. The van der Waals surface area contributed by atoms with Crippen molar-refractivity contribution >= 4 is 11.8 Å². The maximum atomic E-state index is 11.3. The summed E-state index contributed by atoms with van der Waals surface area (Å²) in [6, 6.07) is 0. The minimum absolute atomic E-state index is 0.0768. The lowest BCUT2D eigenvalue weighted by Crippen LogP contribution is -2.27. The first kappa shape index (κ1) is 12.2. The fourth-order valence-corrected chi connectivity index (χ4v) is 2.38. The van der Waals surface area contributed by atoms with E-state index in [2.05, 4.69) is 0 Å². The molecule has 0 unspecified atom stereocenters. The normalized spacial score (nSPS) is 19.8. The van der Waals surface area contributed by atoms with Gasteiger partial charge in [-0.05, 0) is 18.8 Å². The summed E-state index contributed by atoms with van der Waals surface area (Å²) >= 11 is 0. The van der Waals surface area contributed by atoms with Gasteiger partial charge in [0.1, 0.15) is 5.78 Å². The van der Waals surface area contributed by atoms with Crippen molar-refractivity contribution in [2.24, 2.45) is 11.8 Å². The summed E-state index contributed by atoms with van der Waals surface area (Å²) in [5, 5.41) is 9.12. The number of carbonyl (C=O) groups excluding carboxylic acids is 1. The van der Waals surface area contributed by atoms with E-state index in [1.807, 2.05) is 0 Å². The van der Waals surface area contributed by atoms with E-state index in [-0.39, 0.29) is 18.1 Å². The first-order valence-corrected chi connectivity index (χ1v) is 5.89. The molecule has 0 saturated heterocycles. The van der Waals surface area contributed by atoms with Gasteiger partial charge in [0.15, 0.2) is 0 Å². The predicted octanol–water partition coefficient (Wildman–Crippen LogP) is 2.64. The molecule has 0 spiro atoms. The molecule has 15 heavy (non-hydrogen) atoms. The fraction of sp³-hybridized carbons (Fsp3) is 0.833. The maximum absolute atomic E-state index is 11.3. The van der Waals surface area contributed by atoms with Gasteiger partial charge in [-0.25, -0.2) is 0 Å². The fourth-order valence-electron chi connectivity index (χ4n) is 2.38. The van der Waals surface area contributed by atoms with Gasteiger partial charge in [0.25, 0.3) is 0 Å². The predicted molar refractivity (Wildman–Crippen MR) is 57.6 cm³/mol. The van der Waals surface area contributed by atoms with Gasteiger partial charge >= 0.3 is 5.97 Å². The molecule has 0 aromatic heterocycles. The Morgan fingerprint density at radius 2 is 1.87 bits per heavy atom. The van der Waals surface area contributed by atoms with Gasteiger partial charge < -0.3 is 5.11 Å². The summed E-state index contributed by atoms with van der Waals surface area (Å²) in [7, 11) is 0. The first-order valence-electron chi connectivity index (χ1n) is 5.89. The highest BCUT2D eigenvalue weighted by Crippen LogP contribution is 2.32. The van der Waals surface area contributed by atoms with E-state index < -0.39 is 11.9 Å². The summed E-state index contributed by atoms with van der Waals surface area (Å²) in [4.78, 5) is 22.4. The molecule has 0 bridgehead atoms. The van der Waals surface area contributed by atoms with E-state index in [4.69, 9.17) is 5.11 Å². The van der Waals surface area contributed by atoms with Crippen LogP contribution in [0.5, 0.6) is 0 Å². The molecule has 1 fully saturated rings. The van der Waals surface area contributed by atoms with Crippen LogP contribution >= 0.6 is 0 Å². The molecule has 1 aliphatic carbocycles. The van der Waals surface area contributed by atoms with Crippen LogP contribution < -0.4 is 0 Å². The Balaban J connectivity index is 2.55. The van der Waals surface area contributed by atoms with Gasteiger partial charge in [-0.1, -0.05) is 26.2 Å². The molecule has 0 heterocycles. The Morgan fingerprint density at radius 1 is 1.27 bits per heavy atom. The average Bonchev–Trinajstić information content (AvgIpc) is 2.26. The van der Waals surface area contributed by atoms with Crippen molar-refractivity contribution in [3.8, 4) is 0 Å². The second-order valence-electron chi connectivity index (χ2n) is 4.44. The molecule has 0 aliphatic heterocycles. The van der Waals surface area contributed by atoms with Crippen molar-refractivity contribution < 1.29 is 14.7 Å². The van der Waals surface area contributed by atoms with Crippen molar-refractivity contribution in [2.75, 3.05) is 0 Å². The molecule has 0 amide bonds. The zero-order valence-electron chi connectivity index (χ0n) is 9.37. The van der Waals surface area contributed by atoms with Crippen LogP contribution in [0.15, 0.2) is 0 Å². The monoisotopic (exact) mass is 212 g/mol. The Hall–Kier alpha value is -0.860. The lowest BCUT2D eigenvalue weighted by atomic mass is 9.78. The van der Waals surface area contributed by atoms with Crippen LogP contribution in [0.2, 0.25) is 0 Å². The van der Waals surface area contributed by atoms with E-state index in [0.717, 1.165) is 25.7 Å². The van der Waals surface area contributed by atoms with Crippen LogP contribution in [0.3, 0.4) is 0 Å². The van der Waals surface area contributed by atoms with Crippen molar-refractivity contribution in [3.05, 3.63) is 0 Å². The summed E-state index contributed by atoms with van der Waals surface area (Å²) in [6.45, 7) is 1.79. The maximum Gasteiger partial charge on any atom is 0.307 e. The Bertz CT molecular complexity index is 229. The highest BCUT2D eigenvalue weighted by molar-refractivity contribution is 5.83. The van der Waals surface area contributed by atoms with Gasteiger partial charge in [0, 0.05) is 12.8 Å². The molecular weight excluding hydrogens is 192 g/mol. The van der Waals surface area contributed by atoms with E-state index in [0.29, 0.717) is 6.42 Å². The van der Waals surface area contributed by atoms with Crippen molar-refractivity contribution in [3.63, 3.8) is 0 Å². The summed E-state index contributed by atoms with van der Waals surface area (Å²) in [5.41, 5.74) is 0. The molecule has 1 saturated carbocycles. The lowest BCUT2D eigenvalue weighted by Gasteiger charge is -2.26. The Kier molecular flexibility index (Phi) is 4.79. The molecule has 86 valence electrons. The van der Waals surface area contributed by atoms with Crippen LogP contribution in [0.25, 0.3) is 0 Å². The molecule has 0 aromatic rings. The number of carboxylic acids is 1. The summed E-state index contributed by atoms with van der Waals surface area (Å²) in [5.74, 6) is -0.916. The first-order chi connectivity index (χ1) is 7.15. The van der Waals surface area contributed by atoms with E-state index in [9.17, 15) is 9.59 Å². The zero-order valence-corrected chi connectivity index (χ0v) is 9.37. The average molecular weight is 212 g/mol. The Labute approximate surface area is 90.9 Å². The number of Topliss-reactive ketones (excluding diaryl/α,β-unsaturated/α-hetero) is 1. The third kappa shape index (κ3) is 3.65. The van der Waals surface area contributed by atoms with Gasteiger partial charge in [-0.3, -0.25) is 9.59 Å². The van der Waals surface area contributed by atoms with Crippen LogP contribution in [0, 0.1) is 11.8 Å². The van der Waals surface area contributed by atoms with Crippen LogP contribution in [-0.2, 0) is 9.59 Å². The van der Waals surface area contributed by atoms with Gasteiger partial charge in [0.05, 0.1) is 5.92 Å². The molecule has 1 rings (SSSR count). The number of ketones is 1. The number of hydrogen-bond donors (Lipinski definition) is 1. The topological polar surface area (TPSA) is 54.4 Å². The molecule has 3 nitrogen and oxygen atoms in total. The molecule has 1 aliphatic rings. The second-order valence-corrected chi connectivity index (χ2v) is 4.44. The highest BCUT2D eigenvalue weighted by atomic mass is 16.4. The standard InChI is InChI=1S/C12H20O3/c1-2-10(13)8-11(12(14)15)9-6-4-3-5-7-9/h9,11H,2-8H2,1H3,(H,14,15)/t11-/m0/s1. The molecule has 1 N–H and O–H groups in total. The van der Waals surface area contributed by atoms with Gasteiger partial charge in [-0.2, -0.15) is 0 Å². The molecular formula is C12H20O3. The molecule has 0 radical (unpaired) electrons. The Morgan fingerprint density at radius 3 is 2.33 bits per heavy atom. The van der Waals surface area contributed by atoms with E-state index >= 15 is 0 Å². The van der Waals surface area contributed by atoms with Gasteiger partial charge in [0.2, 0.25) is 0 Å². The molecule has 3 heteroatoms. The van der Waals surface area contributed by atoms with Crippen molar-refractivity contribution in [1.82, 2.24) is 0 Å². The largest absolute Gasteiger partial charge is 0.481 e. The minimum atomic E-state index is -0.788. The van der Waals surface area contributed by atoms with Crippen LogP contribution in [0.1, 0.15) is 51.9 Å². The summed E-state index contributed by atoms with van der Waals surface area (Å²) in [6.07, 6.45) is 6.10. The third-order valence-electron chi connectivity index (χ3n) is 3.38. The lowest BCUT2D eigenvalue weighted by molar-refractivity contribution is -0.146. The number of hydrogen-bond acceptors (Lipinski definition) is 2. The molecule has 1 atom stereocenters. The minimum Gasteiger partial charge on any atom is -0.481 e. The van der Waals surface area contributed by atoms with Gasteiger partial charge in [-0.15, -0.1) is 0 Å². The number of carboxylic acid groups (broad SMARTS) is 1. The van der Waals surface area contributed by atoms with E-state index in [1.54, 1.807) is 6.92 Å². The quantitative estimate of drug-likeness (QED) is 0.762. The zero-order chi connectivity index (χ0) is 11.3. The van der Waals surface area contributed by atoms with E-state index in [1.165, 1.54) is 6.42 Å². The van der Waals surface area contributed by atoms with Crippen molar-refractivity contribution in [2.45, 2.75) is 51.9 Å². The second kappa shape index (κ2) is 5.89. The SMILES string of the molecule is CCC(=O)C[C@H](C(=O)O)C1CCCCC1. The third-order valence-corrected chi connectivity index (χ3v) is 3.38. The van der Waals surface area contributed by atoms with Crippen LogP contribution in [0.4, 0.5) is 0 Å². The number of aliphatic carboxylic acids is 1. The van der Waals surface area contributed by atoms with Crippen molar-refractivity contribution in [1.29, 1.82) is 0 Å². The molecule has 0 aromatic carbocycles. The van der Waals surface area contributed by atoms with Crippen LogP contribution in [-0.4, -0.2) is 16.9 Å². The summed E-state index contributed by atoms with van der Waals surface area (Å²) < 4.78 is 0.